The molecule has 0 aliphatic carbocycles. The van der Waals surface area contributed by atoms with Crippen LogP contribution in [0.25, 0.3) is 0 Å². The van der Waals surface area contributed by atoms with E-state index < -0.39 is 0 Å². The minimum Gasteiger partial charge on any atom is -0.376 e. The standard InChI is InChI=1S/C6H12N2/c1-7-6-4-2-3-5-8-6/h3,5-8H,2,4H2,1H3. The zero-order valence-electron chi connectivity index (χ0n) is 5.15. The van der Waals surface area contributed by atoms with Crippen LogP contribution < -0.4 is 10.6 Å². The van der Waals surface area contributed by atoms with Gasteiger partial charge in [-0.3, -0.25) is 0 Å². The lowest BCUT2D eigenvalue weighted by Crippen LogP contribution is -2.38. The third kappa shape index (κ3) is 1.23. The van der Waals surface area contributed by atoms with Crippen molar-refractivity contribution in [1.82, 2.24) is 10.6 Å². The van der Waals surface area contributed by atoms with E-state index >= 15 is 0 Å². The van der Waals surface area contributed by atoms with Gasteiger partial charge in [-0.05, 0) is 26.1 Å². The van der Waals surface area contributed by atoms with Crippen molar-refractivity contribution in [2.24, 2.45) is 0 Å². The second-order valence-electron chi connectivity index (χ2n) is 1.99. The van der Waals surface area contributed by atoms with Crippen molar-refractivity contribution in [2.45, 2.75) is 19.0 Å². The quantitative estimate of drug-likeness (QED) is 0.514. The first kappa shape index (κ1) is 5.63. The van der Waals surface area contributed by atoms with Crippen LogP contribution in [0, 0.1) is 0 Å². The van der Waals surface area contributed by atoms with E-state index in [2.05, 4.69) is 16.7 Å². The van der Waals surface area contributed by atoms with Gasteiger partial charge >= 0.3 is 0 Å². The fraction of sp³-hybridized carbons (Fsp3) is 0.667. The van der Waals surface area contributed by atoms with Crippen molar-refractivity contribution in [3.63, 3.8) is 0 Å². The van der Waals surface area contributed by atoms with Crippen molar-refractivity contribution < 1.29 is 0 Å². The molecule has 2 heteroatoms. The molecule has 1 atom stereocenters. The molecule has 1 rings (SSSR count). The van der Waals surface area contributed by atoms with Crippen LogP contribution in [-0.4, -0.2) is 13.2 Å². The van der Waals surface area contributed by atoms with E-state index in [1.807, 2.05) is 13.2 Å². The molecule has 0 saturated heterocycles. The highest BCUT2D eigenvalue weighted by molar-refractivity contribution is 4.88. The first-order valence-electron chi connectivity index (χ1n) is 3.02. The monoisotopic (exact) mass is 112 g/mol. The molecule has 46 valence electrons. The molecule has 0 amide bonds. The minimum absolute atomic E-state index is 0.500. The molecular formula is C6H12N2. The largest absolute Gasteiger partial charge is 0.376 e. The number of hydrogen-bond donors (Lipinski definition) is 2. The number of rotatable bonds is 1. The van der Waals surface area contributed by atoms with Gasteiger partial charge < -0.3 is 10.6 Å². The molecule has 1 heterocycles. The molecule has 0 radical (unpaired) electrons. The van der Waals surface area contributed by atoms with E-state index in [9.17, 15) is 0 Å². The van der Waals surface area contributed by atoms with Gasteiger partial charge in [0.2, 0.25) is 0 Å². The average molecular weight is 112 g/mol. The summed E-state index contributed by atoms with van der Waals surface area (Å²) in [4.78, 5) is 0. The molecule has 0 aromatic rings. The van der Waals surface area contributed by atoms with Gasteiger partial charge in [-0.25, -0.2) is 0 Å². The van der Waals surface area contributed by atoms with Crippen LogP contribution in [0.15, 0.2) is 12.3 Å². The van der Waals surface area contributed by atoms with Gasteiger partial charge in [0, 0.05) is 0 Å². The summed E-state index contributed by atoms with van der Waals surface area (Å²) in [6, 6.07) is 0. The van der Waals surface area contributed by atoms with Gasteiger partial charge in [-0.15, -0.1) is 0 Å². The Labute approximate surface area is 50.0 Å². The van der Waals surface area contributed by atoms with Gasteiger partial charge in [-0.2, -0.15) is 0 Å². The number of allylic oxidation sites excluding steroid dienone is 1. The molecule has 0 fully saturated rings. The van der Waals surface area contributed by atoms with E-state index in [0.717, 1.165) is 0 Å². The van der Waals surface area contributed by atoms with Gasteiger partial charge in [0.05, 0.1) is 6.17 Å². The Bertz CT molecular complexity index is 88.5. The molecule has 0 spiro atoms. The van der Waals surface area contributed by atoms with Crippen LogP contribution in [0.4, 0.5) is 0 Å². The maximum absolute atomic E-state index is 3.18. The first-order valence-corrected chi connectivity index (χ1v) is 3.02. The maximum Gasteiger partial charge on any atom is 0.0763 e. The molecule has 2 N–H and O–H groups in total. The summed E-state index contributed by atoms with van der Waals surface area (Å²) in [5, 5.41) is 6.32. The second-order valence-corrected chi connectivity index (χ2v) is 1.99. The molecule has 2 nitrogen and oxygen atoms in total. The molecule has 1 aliphatic rings. The van der Waals surface area contributed by atoms with E-state index in [4.69, 9.17) is 0 Å². The topological polar surface area (TPSA) is 24.1 Å². The molecule has 1 aliphatic heterocycles. The summed E-state index contributed by atoms with van der Waals surface area (Å²) in [6.07, 6.45) is 7.05. The first-order chi connectivity index (χ1) is 3.93. The maximum atomic E-state index is 3.18. The van der Waals surface area contributed by atoms with Crippen molar-refractivity contribution in [2.75, 3.05) is 7.05 Å². The van der Waals surface area contributed by atoms with Gasteiger partial charge in [0.25, 0.3) is 0 Å². The summed E-state index contributed by atoms with van der Waals surface area (Å²) >= 11 is 0. The van der Waals surface area contributed by atoms with Crippen LogP contribution in [0.3, 0.4) is 0 Å². The van der Waals surface area contributed by atoms with E-state index in [1.165, 1.54) is 12.8 Å². The van der Waals surface area contributed by atoms with E-state index in [0.29, 0.717) is 6.17 Å². The summed E-state index contributed by atoms with van der Waals surface area (Å²) in [5.41, 5.74) is 0. The smallest absolute Gasteiger partial charge is 0.0763 e. The van der Waals surface area contributed by atoms with Crippen LogP contribution in [0.1, 0.15) is 12.8 Å². The average Bonchev–Trinajstić information content (AvgIpc) is 1.90. The molecule has 0 aromatic carbocycles. The van der Waals surface area contributed by atoms with Crippen molar-refractivity contribution >= 4 is 0 Å². The van der Waals surface area contributed by atoms with Crippen LogP contribution >= 0.6 is 0 Å². The van der Waals surface area contributed by atoms with Gasteiger partial charge in [0.15, 0.2) is 0 Å². The second kappa shape index (κ2) is 2.72. The SMILES string of the molecule is CNC1CCC=CN1. The van der Waals surface area contributed by atoms with Crippen molar-refractivity contribution in [1.29, 1.82) is 0 Å². The molecule has 1 unspecified atom stereocenters. The summed E-state index contributed by atoms with van der Waals surface area (Å²) in [6.45, 7) is 0. The van der Waals surface area contributed by atoms with Gasteiger partial charge in [0.1, 0.15) is 0 Å². The molecular weight excluding hydrogens is 100 g/mol. The van der Waals surface area contributed by atoms with Crippen molar-refractivity contribution in [3.05, 3.63) is 12.3 Å². The minimum atomic E-state index is 0.500. The highest BCUT2D eigenvalue weighted by atomic mass is 15.1. The Morgan fingerprint density at radius 3 is 3.00 bits per heavy atom. The zero-order chi connectivity index (χ0) is 5.82. The van der Waals surface area contributed by atoms with E-state index in [-0.39, 0.29) is 0 Å². The van der Waals surface area contributed by atoms with E-state index in [1.54, 1.807) is 0 Å². The highest BCUT2D eigenvalue weighted by Crippen LogP contribution is 1.99. The van der Waals surface area contributed by atoms with Crippen LogP contribution in [0.5, 0.6) is 0 Å². The highest BCUT2D eigenvalue weighted by Gasteiger charge is 2.02. The fourth-order valence-electron chi connectivity index (χ4n) is 0.841. The van der Waals surface area contributed by atoms with Crippen LogP contribution in [-0.2, 0) is 0 Å². The summed E-state index contributed by atoms with van der Waals surface area (Å²) in [7, 11) is 1.97. The fourth-order valence-corrected chi connectivity index (χ4v) is 0.841. The normalized spacial score (nSPS) is 27.4. The molecule has 8 heavy (non-hydrogen) atoms. The zero-order valence-corrected chi connectivity index (χ0v) is 5.15. The Morgan fingerprint density at radius 1 is 1.75 bits per heavy atom. The molecule has 0 saturated carbocycles. The third-order valence-electron chi connectivity index (χ3n) is 1.39. The third-order valence-corrected chi connectivity index (χ3v) is 1.39. The number of nitrogens with one attached hydrogen (secondary N) is 2. The Hall–Kier alpha value is -0.500. The molecule has 0 aromatic heterocycles. The predicted octanol–water partition coefficient (Wildman–Crippen LogP) is 0.429. The van der Waals surface area contributed by atoms with Gasteiger partial charge in [-0.1, -0.05) is 6.08 Å². The molecule has 0 bridgehead atoms. The van der Waals surface area contributed by atoms with Crippen LogP contribution in [0.2, 0.25) is 0 Å². The lowest BCUT2D eigenvalue weighted by Gasteiger charge is -2.18. The summed E-state index contributed by atoms with van der Waals surface area (Å²) in [5.74, 6) is 0. The Kier molecular flexibility index (Phi) is 1.92. The predicted molar refractivity (Wildman–Crippen MR) is 34.4 cm³/mol. The lowest BCUT2D eigenvalue weighted by atomic mass is 10.2. The Balaban J connectivity index is 2.27. The van der Waals surface area contributed by atoms with Crippen molar-refractivity contribution in [3.8, 4) is 0 Å². The lowest BCUT2D eigenvalue weighted by molar-refractivity contribution is 0.466. The number of hydrogen-bond acceptors (Lipinski definition) is 2. The Morgan fingerprint density at radius 2 is 2.62 bits per heavy atom. The summed E-state index contributed by atoms with van der Waals surface area (Å²) < 4.78 is 0.